The Morgan fingerprint density at radius 3 is 3.13 bits per heavy atom. The number of allylic oxidation sites excluding steroid dienone is 1. The molecule has 4 nitrogen and oxygen atoms in total. The molecule has 80 valence electrons. The van der Waals surface area contributed by atoms with Gasteiger partial charge in [-0.1, -0.05) is 12.2 Å². The molecule has 1 rings (SSSR count). The summed E-state index contributed by atoms with van der Waals surface area (Å²) in [4.78, 5) is 14.7. The second kappa shape index (κ2) is 5.80. The Balaban J connectivity index is 2.63. The van der Waals surface area contributed by atoms with E-state index in [2.05, 4.69) is 10.3 Å². The number of aromatic nitrogens is 1. The maximum Gasteiger partial charge on any atom is 0.337 e. The largest absolute Gasteiger partial charge is 0.478 e. The monoisotopic (exact) mass is 206 g/mol. The quantitative estimate of drug-likeness (QED) is 0.572. The first-order valence-corrected chi connectivity index (χ1v) is 4.78. The first-order valence-electron chi connectivity index (χ1n) is 4.78. The van der Waals surface area contributed by atoms with E-state index in [9.17, 15) is 4.79 Å². The van der Waals surface area contributed by atoms with Gasteiger partial charge in [-0.05, 0) is 19.4 Å². The fourth-order valence-corrected chi connectivity index (χ4v) is 1.18. The molecule has 1 heterocycles. The number of carbonyl (C=O) groups is 1. The lowest BCUT2D eigenvalue weighted by atomic mass is 10.2. The number of hydrogen-bond acceptors (Lipinski definition) is 3. The number of nitrogens with zero attached hydrogens (tertiary/aromatic N) is 1. The van der Waals surface area contributed by atoms with Crippen LogP contribution in [0.1, 0.15) is 23.7 Å². The highest BCUT2D eigenvalue weighted by atomic mass is 16.4. The van der Waals surface area contributed by atoms with Gasteiger partial charge >= 0.3 is 5.97 Å². The van der Waals surface area contributed by atoms with Crippen molar-refractivity contribution < 1.29 is 9.90 Å². The second-order valence-corrected chi connectivity index (χ2v) is 3.01. The molecule has 0 atom stereocenters. The number of rotatable bonds is 5. The Bertz CT molecular complexity index is 361. The number of aromatic carboxylic acids is 1. The van der Waals surface area contributed by atoms with Crippen molar-refractivity contribution in [2.24, 2.45) is 0 Å². The van der Waals surface area contributed by atoms with Crippen LogP contribution in [0.3, 0.4) is 0 Å². The number of pyridine rings is 1. The standard InChI is InChI=1S/C11H14N2O2/c1-2-3-4-6-13-10-8-12-7-5-9(10)11(14)15/h2-3,5,7-8,13H,4,6H2,1H3,(H,14,15)/b3-2+. The summed E-state index contributed by atoms with van der Waals surface area (Å²) in [6.07, 6.45) is 7.84. The van der Waals surface area contributed by atoms with Crippen LogP contribution in [0, 0.1) is 0 Å². The molecule has 2 N–H and O–H groups in total. The van der Waals surface area contributed by atoms with Crippen molar-refractivity contribution in [1.29, 1.82) is 0 Å². The molecule has 0 amide bonds. The van der Waals surface area contributed by atoms with Gasteiger partial charge in [-0.3, -0.25) is 4.98 Å². The van der Waals surface area contributed by atoms with Crippen molar-refractivity contribution in [3.8, 4) is 0 Å². The van der Waals surface area contributed by atoms with E-state index < -0.39 is 5.97 Å². The third-order valence-corrected chi connectivity index (χ3v) is 1.91. The Kier molecular flexibility index (Phi) is 4.34. The van der Waals surface area contributed by atoms with Gasteiger partial charge in [-0.15, -0.1) is 0 Å². The van der Waals surface area contributed by atoms with Crippen LogP contribution in [0.25, 0.3) is 0 Å². The molecule has 0 spiro atoms. The lowest BCUT2D eigenvalue weighted by Gasteiger charge is -2.06. The van der Waals surface area contributed by atoms with Gasteiger partial charge < -0.3 is 10.4 Å². The van der Waals surface area contributed by atoms with E-state index in [0.717, 1.165) is 6.42 Å². The number of nitrogens with one attached hydrogen (secondary N) is 1. The smallest absolute Gasteiger partial charge is 0.337 e. The van der Waals surface area contributed by atoms with Crippen molar-refractivity contribution in [3.05, 3.63) is 36.2 Å². The topological polar surface area (TPSA) is 62.2 Å². The van der Waals surface area contributed by atoms with Crippen LogP contribution >= 0.6 is 0 Å². The SMILES string of the molecule is C/C=C/CCNc1cnccc1C(=O)O. The maximum absolute atomic E-state index is 10.8. The van der Waals surface area contributed by atoms with Crippen molar-refractivity contribution in [3.63, 3.8) is 0 Å². The summed E-state index contributed by atoms with van der Waals surface area (Å²) < 4.78 is 0. The summed E-state index contributed by atoms with van der Waals surface area (Å²) in [6.45, 7) is 2.66. The highest BCUT2D eigenvalue weighted by Gasteiger charge is 2.07. The maximum atomic E-state index is 10.8. The Hall–Kier alpha value is -1.84. The third kappa shape index (κ3) is 3.42. The summed E-state index contributed by atoms with van der Waals surface area (Å²) in [6, 6.07) is 1.49. The van der Waals surface area contributed by atoms with Gasteiger partial charge in [0.05, 0.1) is 17.4 Å². The molecule has 0 radical (unpaired) electrons. The minimum absolute atomic E-state index is 0.255. The zero-order chi connectivity index (χ0) is 11.1. The van der Waals surface area contributed by atoms with E-state index >= 15 is 0 Å². The molecule has 0 aromatic carbocycles. The molecule has 1 aromatic heterocycles. The molecule has 1 aromatic rings. The molecule has 0 aliphatic carbocycles. The molecule has 0 unspecified atom stereocenters. The molecular weight excluding hydrogens is 192 g/mol. The summed E-state index contributed by atoms with van der Waals surface area (Å²) in [5.74, 6) is -0.939. The second-order valence-electron chi connectivity index (χ2n) is 3.01. The highest BCUT2D eigenvalue weighted by Crippen LogP contribution is 2.12. The van der Waals surface area contributed by atoms with E-state index in [1.165, 1.54) is 18.5 Å². The van der Waals surface area contributed by atoms with Crippen LogP contribution in [-0.4, -0.2) is 22.6 Å². The zero-order valence-electron chi connectivity index (χ0n) is 8.60. The van der Waals surface area contributed by atoms with Gasteiger partial charge in [0.25, 0.3) is 0 Å². The Morgan fingerprint density at radius 1 is 1.67 bits per heavy atom. The van der Waals surface area contributed by atoms with Crippen LogP contribution in [0.2, 0.25) is 0 Å². The van der Waals surface area contributed by atoms with Crippen LogP contribution in [0.15, 0.2) is 30.6 Å². The Morgan fingerprint density at radius 2 is 2.47 bits per heavy atom. The van der Waals surface area contributed by atoms with Gasteiger partial charge in [0.1, 0.15) is 0 Å². The predicted molar refractivity (Wildman–Crippen MR) is 59.1 cm³/mol. The molecular formula is C11H14N2O2. The molecule has 0 aliphatic rings. The number of carboxylic acids is 1. The molecule has 0 fully saturated rings. The fourth-order valence-electron chi connectivity index (χ4n) is 1.18. The molecule has 4 heteroatoms. The van der Waals surface area contributed by atoms with Gasteiger partial charge in [0, 0.05) is 12.7 Å². The van der Waals surface area contributed by atoms with Crippen LogP contribution in [0.5, 0.6) is 0 Å². The van der Waals surface area contributed by atoms with Crippen molar-refractivity contribution in [2.45, 2.75) is 13.3 Å². The molecule has 0 saturated carbocycles. The average molecular weight is 206 g/mol. The fraction of sp³-hybridized carbons (Fsp3) is 0.273. The van der Waals surface area contributed by atoms with Gasteiger partial charge in [-0.25, -0.2) is 4.79 Å². The first kappa shape index (κ1) is 11.2. The summed E-state index contributed by atoms with van der Waals surface area (Å²) in [5, 5.41) is 11.9. The van der Waals surface area contributed by atoms with Crippen molar-refractivity contribution in [2.75, 3.05) is 11.9 Å². The summed E-state index contributed by atoms with van der Waals surface area (Å²) in [5.41, 5.74) is 0.819. The lowest BCUT2D eigenvalue weighted by molar-refractivity contribution is 0.0698. The van der Waals surface area contributed by atoms with E-state index in [-0.39, 0.29) is 5.56 Å². The van der Waals surface area contributed by atoms with Gasteiger partial charge in [0.15, 0.2) is 0 Å². The van der Waals surface area contributed by atoms with Crippen molar-refractivity contribution >= 4 is 11.7 Å². The minimum Gasteiger partial charge on any atom is -0.478 e. The summed E-state index contributed by atoms with van der Waals surface area (Å²) in [7, 11) is 0. The van der Waals surface area contributed by atoms with E-state index in [0.29, 0.717) is 12.2 Å². The van der Waals surface area contributed by atoms with Gasteiger partial charge in [0.2, 0.25) is 0 Å². The number of hydrogen-bond donors (Lipinski definition) is 2. The lowest BCUT2D eigenvalue weighted by Crippen LogP contribution is -2.07. The number of anilines is 1. The molecule has 15 heavy (non-hydrogen) atoms. The average Bonchev–Trinajstić information content (AvgIpc) is 2.25. The normalized spacial score (nSPS) is 10.5. The van der Waals surface area contributed by atoms with E-state index in [1.54, 1.807) is 0 Å². The summed E-state index contributed by atoms with van der Waals surface area (Å²) >= 11 is 0. The van der Waals surface area contributed by atoms with Gasteiger partial charge in [-0.2, -0.15) is 0 Å². The Labute approximate surface area is 88.7 Å². The van der Waals surface area contributed by atoms with E-state index in [4.69, 9.17) is 5.11 Å². The first-order chi connectivity index (χ1) is 7.25. The molecule has 0 bridgehead atoms. The van der Waals surface area contributed by atoms with Crippen LogP contribution in [0.4, 0.5) is 5.69 Å². The van der Waals surface area contributed by atoms with Crippen LogP contribution < -0.4 is 5.32 Å². The minimum atomic E-state index is -0.939. The van der Waals surface area contributed by atoms with Crippen molar-refractivity contribution in [1.82, 2.24) is 4.98 Å². The third-order valence-electron chi connectivity index (χ3n) is 1.91. The predicted octanol–water partition coefficient (Wildman–Crippen LogP) is 2.16. The zero-order valence-corrected chi connectivity index (χ0v) is 8.60. The molecule has 0 saturated heterocycles. The highest BCUT2D eigenvalue weighted by molar-refractivity contribution is 5.93. The molecule has 0 aliphatic heterocycles. The number of carboxylic acid groups (broad SMARTS) is 1. The van der Waals surface area contributed by atoms with Crippen LogP contribution in [-0.2, 0) is 0 Å². The van der Waals surface area contributed by atoms with E-state index in [1.807, 2.05) is 19.1 Å².